The predicted molar refractivity (Wildman–Crippen MR) is 99.4 cm³/mol. The molecule has 0 aromatic heterocycles. The highest BCUT2D eigenvalue weighted by molar-refractivity contribution is 5.95. The highest BCUT2D eigenvalue weighted by Crippen LogP contribution is 2.31. The molecule has 0 spiro atoms. The van der Waals surface area contributed by atoms with Gasteiger partial charge in [0.05, 0.1) is 18.1 Å². The van der Waals surface area contributed by atoms with Gasteiger partial charge in [-0.25, -0.2) is 4.99 Å². The Morgan fingerprint density at radius 1 is 1.32 bits per heavy atom. The molecule has 2 atom stereocenters. The lowest BCUT2D eigenvalue weighted by molar-refractivity contribution is -0.116. The smallest absolute Gasteiger partial charge is 0.224 e. The van der Waals surface area contributed by atoms with E-state index in [4.69, 9.17) is 16.2 Å². The third kappa shape index (κ3) is 4.21. The monoisotopic (exact) mass is 340 g/mol. The highest BCUT2D eigenvalue weighted by Gasteiger charge is 2.27. The summed E-state index contributed by atoms with van der Waals surface area (Å²) >= 11 is 0. The first-order valence-corrected chi connectivity index (χ1v) is 8.55. The average molecular weight is 340 g/mol. The van der Waals surface area contributed by atoms with Crippen LogP contribution in [0.2, 0.25) is 0 Å². The summed E-state index contributed by atoms with van der Waals surface area (Å²) in [5, 5.41) is 2.85. The third-order valence-corrected chi connectivity index (χ3v) is 4.70. The molecular formula is C19H24N4O2. The lowest BCUT2D eigenvalue weighted by atomic mass is 10.0. The summed E-state index contributed by atoms with van der Waals surface area (Å²) < 4.78 is 5.43. The number of allylic oxidation sites excluding steroid dienone is 1. The molecule has 2 aliphatic rings. The fraction of sp³-hybridized carbons (Fsp3) is 0.368. The van der Waals surface area contributed by atoms with Crippen LogP contribution in [0.1, 0.15) is 31.2 Å². The van der Waals surface area contributed by atoms with Gasteiger partial charge in [0.1, 0.15) is 5.84 Å². The fourth-order valence-electron chi connectivity index (χ4n) is 3.41. The highest BCUT2D eigenvalue weighted by atomic mass is 16.5. The number of amidine groups is 1. The number of hydrogen-bond donors (Lipinski definition) is 3. The molecule has 0 bridgehead atoms. The molecule has 1 saturated carbocycles. The second kappa shape index (κ2) is 7.42. The molecule has 2 unspecified atom stereocenters. The average Bonchev–Trinajstić information content (AvgIpc) is 3.04. The lowest BCUT2D eigenvalue weighted by Crippen LogP contribution is -2.18. The number of anilines is 1. The molecule has 5 N–H and O–H groups in total. The van der Waals surface area contributed by atoms with Crippen molar-refractivity contribution < 1.29 is 9.53 Å². The number of nitrogens with one attached hydrogen (secondary N) is 1. The molecule has 6 heteroatoms. The molecule has 6 nitrogen and oxygen atoms in total. The van der Waals surface area contributed by atoms with Gasteiger partial charge in [-0.1, -0.05) is 6.58 Å². The standard InChI is InChI=1S/C19H24N4O2/c1-2-25-15-6-3-12(10-15)16(20)11-18(21)22-14-5-7-17-13(9-14)4-8-19(24)23-17/h2,5,7,9,11-12,15H,1,3-4,6,8,10,20H2,(H2,21,22)(H,23,24)/b16-11-. The van der Waals surface area contributed by atoms with E-state index in [1.807, 2.05) is 18.2 Å². The van der Waals surface area contributed by atoms with Gasteiger partial charge >= 0.3 is 0 Å². The van der Waals surface area contributed by atoms with Crippen LogP contribution in [0.5, 0.6) is 0 Å². The third-order valence-electron chi connectivity index (χ3n) is 4.70. The summed E-state index contributed by atoms with van der Waals surface area (Å²) in [7, 11) is 0. The number of aliphatic imine (C=N–C) groups is 1. The fourth-order valence-corrected chi connectivity index (χ4v) is 3.41. The van der Waals surface area contributed by atoms with Crippen LogP contribution >= 0.6 is 0 Å². The van der Waals surface area contributed by atoms with Crippen LogP contribution in [0.4, 0.5) is 11.4 Å². The van der Waals surface area contributed by atoms with E-state index >= 15 is 0 Å². The van der Waals surface area contributed by atoms with Crippen molar-refractivity contribution in [2.75, 3.05) is 5.32 Å². The van der Waals surface area contributed by atoms with Crippen molar-refractivity contribution in [1.82, 2.24) is 0 Å². The first-order chi connectivity index (χ1) is 12.0. The van der Waals surface area contributed by atoms with Crippen LogP contribution in [0.3, 0.4) is 0 Å². The molecular weight excluding hydrogens is 316 g/mol. The minimum Gasteiger partial charge on any atom is -0.499 e. The van der Waals surface area contributed by atoms with Crippen molar-refractivity contribution in [2.45, 2.75) is 38.2 Å². The van der Waals surface area contributed by atoms with Crippen LogP contribution in [-0.2, 0) is 16.0 Å². The van der Waals surface area contributed by atoms with Crippen molar-refractivity contribution in [3.8, 4) is 0 Å². The number of ether oxygens (including phenoxy) is 1. The van der Waals surface area contributed by atoms with Crippen LogP contribution in [0.25, 0.3) is 0 Å². The van der Waals surface area contributed by atoms with Gasteiger partial charge < -0.3 is 21.5 Å². The lowest BCUT2D eigenvalue weighted by Gasteiger charge is -2.16. The van der Waals surface area contributed by atoms with E-state index in [2.05, 4.69) is 16.9 Å². The number of amides is 1. The molecule has 3 rings (SSSR count). The first-order valence-electron chi connectivity index (χ1n) is 8.55. The Morgan fingerprint density at radius 3 is 2.96 bits per heavy atom. The Kier molecular flexibility index (Phi) is 5.07. The van der Waals surface area contributed by atoms with Crippen molar-refractivity contribution in [3.05, 3.63) is 48.4 Å². The molecule has 0 radical (unpaired) electrons. The second-order valence-corrected chi connectivity index (χ2v) is 6.51. The van der Waals surface area contributed by atoms with Crippen molar-refractivity contribution >= 4 is 23.1 Å². The van der Waals surface area contributed by atoms with Crippen molar-refractivity contribution in [2.24, 2.45) is 22.4 Å². The molecule has 1 heterocycles. The van der Waals surface area contributed by atoms with Gasteiger partial charge in [-0.2, -0.15) is 0 Å². The minimum atomic E-state index is 0.0503. The molecule has 132 valence electrons. The van der Waals surface area contributed by atoms with Gasteiger partial charge in [0.15, 0.2) is 0 Å². The van der Waals surface area contributed by atoms with Crippen LogP contribution in [0.15, 0.2) is 47.8 Å². The first kappa shape index (κ1) is 17.1. The Balaban J connectivity index is 1.69. The molecule has 1 amide bonds. The summed E-state index contributed by atoms with van der Waals surface area (Å²) in [6, 6.07) is 5.65. The molecule has 0 saturated heterocycles. The van der Waals surface area contributed by atoms with Gasteiger partial charge in [0.2, 0.25) is 5.91 Å². The molecule has 1 aromatic rings. The Bertz CT molecular complexity index is 739. The quantitative estimate of drug-likeness (QED) is 0.435. The Hall–Kier alpha value is -2.76. The number of nitrogens with two attached hydrogens (primary N) is 2. The second-order valence-electron chi connectivity index (χ2n) is 6.51. The molecule has 1 fully saturated rings. The largest absolute Gasteiger partial charge is 0.499 e. The number of carbonyl (C=O) groups excluding carboxylic acids is 1. The summed E-state index contributed by atoms with van der Waals surface area (Å²) in [5.41, 5.74) is 15.7. The van der Waals surface area contributed by atoms with E-state index in [-0.39, 0.29) is 17.9 Å². The minimum absolute atomic E-state index is 0.0503. The van der Waals surface area contributed by atoms with Gasteiger partial charge in [-0.15, -0.1) is 0 Å². The predicted octanol–water partition coefficient (Wildman–Crippen LogP) is 2.73. The zero-order valence-electron chi connectivity index (χ0n) is 14.2. The van der Waals surface area contributed by atoms with E-state index in [0.29, 0.717) is 12.3 Å². The van der Waals surface area contributed by atoms with Crippen molar-refractivity contribution in [3.63, 3.8) is 0 Å². The van der Waals surface area contributed by atoms with Crippen LogP contribution < -0.4 is 16.8 Å². The normalized spacial score (nSPS) is 23.8. The van der Waals surface area contributed by atoms with Gasteiger partial charge in [-0.05, 0) is 55.5 Å². The van der Waals surface area contributed by atoms with E-state index in [0.717, 1.165) is 48.3 Å². The Morgan fingerprint density at radius 2 is 2.16 bits per heavy atom. The number of aryl methyl sites for hydroxylation is 1. The number of carbonyl (C=O) groups is 1. The Labute approximate surface area is 147 Å². The van der Waals surface area contributed by atoms with E-state index < -0.39 is 0 Å². The SMILES string of the molecule is C=COC1CCC(/C(N)=C/C(N)=Nc2ccc3c(c2)CCC(=O)N3)C1. The molecule has 25 heavy (non-hydrogen) atoms. The maximum absolute atomic E-state index is 11.4. The molecule has 1 aromatic carbocycles. The topological polar surface area (TPSA) is 103 Å². The van der Waals surface area contributed by atoms with Crippen LogP contribution in [0, 0.1) is 5.92 Å². The summed E-state index contributed by atoms with van der Waals surface area (Å²) in [6.07, 6.45) is 7.45. The van der Waals surface area contributed by atoms with E-state index in [1.165, 1.54) is 6.26 Å². The van der Waals surface area contributed by atoms with Crippen LogP contribution in [-0.4, -0.2) is 17.8 Å². The summed E-state index contributed by atoms with van der Waals surface area (Å²) in [5.74, 6) is 0.692. The summed E-state index contributed by atoms with van der Waals surface area (Å²) in [4.78, 5) is 15.8. The zero-order chi connectivity index (χ0) is 17.8. The van der Waals surface area contributed by atoms with Gasteiger partial charge in [-0.3, -0.25) is 4.79 Å². The number of fused-ring (bicyclic) bond motifs is 1. The van der Waals surface area contributed by atoms with Crippen molar-refractivity contribution in [1.29, 1.82) is 0 Å². The number of rotatable bonds is 5. The maximum Gasteiger partial charge on any atom is 0.224 e. The van der Waals surface area contributed by atoms with E-state index in [9.17, 15) is 4.79 Å². The maximum atomic E-state index is 11.4. The zero-order valence-corrected chi connectivity index (χ0v) is 14.2. The summed E-state index contributed by atoms with van der Waals surface area (Å²) in [6.45, 7) is 3.59. The van der Waals surface area contributed by atoms with Gasteiger partial charge in [0, 0.05) is 23.7 Å². The number of nitrogens with zero attached hydrogens (tertiary/aromatic N) is 1. The molecule has 1 aliphatic carbocycles. The number of benzene rings is 1. The van der Waals surface area contributed by atoms with Gasteiger partial charge in [0.25, 0.3) is 0 Å². The van der Waals surface area contributed by atoms with E-state index in [1.54, 1.807) is 6.08 Å². The molecule has 1 aliphatic heterocycles. The number of hydrogen-bond acceptors (Lipinski definition) is 4.